The van der Waals surface area contributed by atoms with E-state index in [2.05, 4.69) is 5.10 Å². The van der Waals surface area contributed by atoms with Crippen molar-refractivity contribution >= 4 is 40.8 Å². The van der Waals surface area contributed by atoms with Gasteiger partial charge >= 0.3 is 11.7 Å². The Morgan fingerprint density at radius 2 is 1.58 bits per heavy atom. The Balaban J connectivity index is 1.57. The maximum absolute atomic E-state index is 13.2. The lowest BCUT2D eigenvalue weighted by atomic mass is 9.91. The highest BCUT2D eigenvalue weighted by Crippen LogP contribution is 2.31. The zero-order valence-corrected chi connectivity index (χ0v) is 20.5. The van der Waals surface area contributed by atoms with Crippen molar-refractivity contribution in [1.29, 1.82) is 0 Å². The molecule has 3 aromatic carbocycles. The second-order valence-corrected chi connectivity index (χ2v) is 9.26. The van der Waals surface area contributed by atoms with Crippen molar-refractivity contribution in [3.05, 3.63) is 116 Å². The number of benzene rings is 3. The van der Waals surface area contributed by atoms with Gasteiger partial charge in [0.2, 0.25) is 5.95 Å². The number of nitrogens with zero attached hydrogens (tertiary/aromatic N) is 5. The van der Waals surface area contributed by atoms with Crippen LogP contribution < -0.4 is 10.7 Å². The van der Waals surface area contributed by atoms with E-state index in [0.717, 1.165) is 27.0 Å². The van der Waals surface area contributed by atoms with Gasteiger partial charge in [-0.15, -0.1) is 5.10 Å². The number of rotatable bonds is 7. The van der Waals surface area contributed by atoms with Gasteiger partial charge in [-0.25, -0.2) is 19.1 Å². The normalized spacial score (nSPS) is 15.2. The predicted molar refractivity (Wildman–Crippen MR) is 139 cm³/mol. The lowest BCUT2D eigenvalue weighted by Gasteiger charge is -2.15. The first-order valence-corrected chi connectivity index (χ1v) is 12.0. The molecule has 1 aliphatic rings. The van der Waals surface area contributed by atoms with E-state index in [-0.39, 0.29) is 18.4 Å². The molecular formula is C26H21Cl2N5O3. The van der Waals surface area contributed by atoms with E-state index in [0.29, 0.717) is 16.6 Å². The van der Waals surface area contributed by atoms with Crippen LogP contribution in [0.2, 0.25) is 10.0 Å². The molecule has 1 N–H and O–H groups in total. The third-order valence-corrected chi connectivity index (χ3v) is 6.43. The molecule has 1 atom stereocenters. The van der Waals surface area contributed by atoms with E-state index in [1.165, 1.54) is 4.68 Å². The Labute approximate surface area is 216 Å². The summed E-state index contributed by atoms with van der Waals surface area (Å²) in [5.41, 5.74) is 2.97. The lowest BCUT2D eigenvalue weighted by molar-refractivity contribution is -0.137. The number of aromatic nitrogens is 3. The molecular weight excluding hydrogens is 501 g/mol. The third-order valence-electron chi connectivity index (χ3n) is 5.93. The number of halogens is 2. The molecule has 0 aliphatic carbocycles. The van der Waals surface area contributed by atoms with E-state index in [1.807, 2.05) is 42.5 Å². The molecule has 1 unspecified atom stereocenters. The Morgan fingerprint density at radius 3 is 2.22 bits per heavy atom. The summed E-state index contributed by atoms with van der Waals surface area (Å²) in [5, 5.41) is 21.6. The maximum atomic E-state index is 13.2. The number of carboxylic acids is 1. The van der Waals surface area contributed by atoms with Crippen molar-refractivity contribution in [1.82, 2.24) is 14.3 Å². The second kappa shape index (κ2) is 10.0. The molecule has 182 valence electrons. The van der Waals surface area contributed by atoms with Crippen LogP contribution in [0, 0.1) is 0 Å². The highest BCUT2D eigenvalue weighted by atomic mass is 35.5. The zero-order chi connectivity index (χ0) is 25.2. The maximum Gasteiger partial charge on any atom is 0.348 e. The summed E-state index contributed by atoms with van der Waals surface area (Å²) in [4.78, 5) is 24.8. The molecule has 2 heterocycles. The Hall–Kier alpha value is -3.88. The number of anilines is 1. The SMILES string of the molecule is O=C(O)Cn1c(N2CC(c3ccccc3)C(c3ccc(Cl)cc3)=N2)nn(Cc2ccc(Cl)cc2)c1=O. The van der Waals surface area contributed by atoms with Crippen LogP contribution in [0.25, 0.3) is 0 Å². The van der Waals surface area contributed by atoms with Crippen LogP contribution in [0.1, 0.15) is 22.6 Å². The van der Waals surface area contributed by atoms with E-state index in [1.54, 1.807) is 41.4 Å². The fourth-order valence-electron chi connectivity index (χ4n) is 4.21. The van der Waals surface area contributed by atoms with E-state index in [4.69, 9.17) is 28.3 Å². The van der Waals surface area contributed by atoms with Gasteiger partial charge < -0.3 is 5.11 Å². The molecule has 0 spiro atoms. The molecule has 5 rings (SSSR count). The van der Waals surface area contributed by atoms with Crippen LogP contribution in [-0.4, -0.2) is 37.7 Å². The Bertz CT molecular complexity index is 1480. The third kappa shape index (κ3) is 4.91. The number of hydrazone groups is 1. The summed E-state index contributed by atoms with van der Waals surface area (Å²) in [6, 6.07) is 24.3. The minimum Gasteiger partial charge on any atom is -0.480 e. The first-order chi connectivity index (χ1) is 17.4. The molecule has 1 aliphatic heterocycles. The topological polar surface area (TPSA) is 92.7 Å². The number of carbonyl (C=O) groups is 1. The smallest absolute Gasteiger partial charge is 0.348 e. The zero-order valence-electron chi connectivity index (χ0n) is 19.0. The number of carboxylic acid groups (broad SMARTS) is 1. The standard InChI is InChI=1S/C26H21Cl2N5O3/c27-20-10-6-17(7-11-20)14-33-26(36)31(16-23(34)35)25(30-33)32-15-22(18-4-2-1-3-5-18)24(29-32)19-8-12-21(28)13-9-19/h1-13,22H,14-16H2,(H,34,35). The van der Waals surface area contributed by atoms with Crippen LogP contribution in [0.15, 0.2) is 88.8 Å². The summed E-state index contributed by atoms with van der Waals surface area (Å²) < 4.78 is 2.38. The van der Waals surface area contributed by atoms with Crippen LogP contribution >= 0.6 is 23.2 Å². The van der Waals surface area contributed by atoms with Crippen molar-refractivity contribution in [3.63, 3.8) is 0 Å². The molecule has 0 amide bonds. The summed E-state index contributed by atoms with van der Waals surface area (Å²) in [6.45, 7) is 0.0193. The Kier molecular flexibility index (Phi) is 6.63. The van der Waals surface area contributed by atoms with Crippen molar-refractivity contribution < 1.29 is 9.90 Å². The van der Waals surface area contributed by atoms with Crippen LogP contribution in [0.5, 0.6) is 0 Å². The van der Waals surface area contributed by atoms with E-state index in [9.17, 15) is 14.7 Å². The van der Waals surface area contributed by atoms with Crippen LogP contribution in [0.3, 0.4) is 0 Å². The van der Waals surface area contributed by atoms with Crippen molar-refractivity contribution in [3.8, 4) is 0 Å². The molecule has 1 aromatic heterocycles. The van der Waals surface area contributed by atoms with Gasteiger partial charge in [-0.2, -0.15) is 5.10 Å². The number of hydrogen-bond acceptors (Lipinski definition) is 5. The van der Waals surface area contributed by atoms with E-state index < -0.39 is 18.2 Å². The summed E-state index contributed by atoms with van der Waals surface area (Å²) in [5.74, 6) is -1.10. The summed E-state index contributed by atoms with van der Waals surface area (Å²) in [6.07, 6.45) is 0. The molecule has 0 fully saturated rings. The predicted octanol–water partition coefficient (Wildman–Crippen LogP) is 4.49. The second-order valence-electron chi connectivity index (χ2n) is 8.38. The van der Waals surface area contributed by atoms with Crippen molar-refractivity contribution in [2.45, 2.75) is 19.0 Å². The molecule has 0 radical (unpaired) electrons. The Morgan fingerprint density at radius 1 is 0.944 bits per heavy atom. The molecule has 8 nitrogen and oxygen atoms in total. The van der Waals surface area contributed by atoms with Crippen LogP contribution in [0.4, 0.5) is 5.95 Å². The fourth-order valence-corrected chi connectivity index (χ4v) is 4.47. The van der Waals surface area contributed by atoms with Gasteiger partial charge in [-0.3, -0.25) is 4.79 Å². The molecule has 36 heavy (non-hydrogen) atoms. The van der Waals surface area contributed by atoms with Gasteiger partial charge in [0.1, 0.15) is 6.54 Å². The van der Waals surface area contributed by atoms with Gasteiger partial charge in [0.05, 0.1) is 18.8 Å². The molecule has 0 saturated carbocycles. The molecule has 0 bridgehead atoms. The van der Waals surface area contributed by atoms with Gasteiger partial charge in [0.25, 0.3) is 0 Å². The summed E-state index contributed by atoms with van der Waals surface area (Å²) in [7, 11) is 0. The minimum absolute atomic E-state index is 0.123. The molecule has 0 saturated heterocycles. The highest BCUT2D eigenvalue weighted by Gasteiger charge is 2.33. The summed E-state index contributed by atoms with van der Waals surface area (Å²) >= 11 is 12.1. The van der Waals surface area contributed by atoms with Crippen LogP contribution in [-0.2, 0) is 17.9 Å². The monoisotopic (exact) mass is 521 g/mol. The number of aliphatic carboxylic acids is 1. The average molecular weight is 522 g/mol. The first-order valence-electron chi connectivity index (χ1n) is 11.2. The van der Waals surface area contributed by atoms with E-state index >= 15 is 0 Å². The number of hydrogen-bond donors (Lipinski definition) is 1. The fraction of sp³-hybridized carbons (Fsp3) is 0.154. The van der Waals surface area contributed by atoms with Crippen molar-refractivity contribution in [2.75, 3.05) is 11.6 Å². The molecule has 10 heteroatoms. The largest absolute Gasteiger partial charge is 0.480 e. The average Bonchev–Trinajstić information content (AvgIpc) is 3.44. The first kappa shape index (κ1) is 23.8. The minimum atomic E-state index is -1.15. The van der Waals surface area contributed by atoms with Gasteiger partial charge in [0, 0.05) is 16.0 Å². The quantitative estimate of drug-likeness (QED) is 0.386. The lowest BCUT2D eigenvalue weighted by Crippen LogP contribution is -2.29. The van der Waals surface area contributed by atoms with Gasteiger partial charge in [-0.1, -0.05) is 77.8 Å². The van der Waals surface area contributed by atoms with Crippen molar-refractivity contribution in [2.24, 2.45) is 5.10 Å². The molecule has 4 aromatic rings. The van der Waals surface area contributed by atoms with Gasteiger partial charge in [-0.05, 0) is 41.0 Å². The highest BCUT2D eigenvalue weighted by molar-refractivity contribution is 6.31. The van der Waals surface area contributed by atoms with Gasteiger partial charge in [0.15, 0.2) is 0 Å².